The topological polar surface area (TPSA) is 29.3 Å². The molecular weight excluding hydrogens is 300 g/mol. The summed E-state index contributed by atoms with van der Waals surface area (Å²) in [6, 6.07) is 8.61. The lowest BCUT2D eigenvalue weighted by Crippen LogP contribution is -2.34. The number of rotatable bonds is 6. The summed E-state index contributed by atoms with van der Waals surface area (Å²) >= 11 is 3.55. The molecule has 2 rings (SSSR count). The molecule has 2 N–H and O–H groups in total. The molecule has 0 unspecified atom stereocenters. The third kappa shape index (κ3) is 5.25. The van der Waals surface area contributed by atoms with E-state index < -0.39 is 0 Å². The predicted octanol–water partition coefficient (Wildman–Crippen LogP) is 3.79. The van der Waals surface area contributed by atoms with Crippen LogP contribution in [-0.2, 0) is 6.54 Å². The monoisotopic (exact) mass is 324 g/mol. The van der Waals surface area contributed by atoms with Crippen molar-refractivity contribution in [1.29, 1.82) is 0 Å². The molecule has 0 heterocycles. The van der Waals surface area contributed by atoms with Crippen LogP contribution in [0.4, 0.5) is 0 Å². The molecule has 1 aromatic rings. The van der Waals surface area contributed by atoms with E-state index in [2.05, 4.69) is 45.1 Å². The Morgan fingerprint density at radius 1 is 1.21 bits per heavy atom. The molecule has 2 nitrogen and oxygen atoms in total. The SMILES string of the molecule is NCCN(Cc1cccc(Br)c1)CC1CCCCC1. The Balaban J connectivity index is 1.91. The minimum atomic E-state index is 0.751. The van der Waals surface area contributed by atoms with Gasteiger partial charge >= 0.3 is 0 Å². The Morgan fingerprint density at radius 2 is 2.00 bits per heavy atom. The average Bonchev–Trinajstić information content (AvgIpc) is 2.40. The average molecular weight is 325 g/mol. The Labute approximate surface area is 125 Å². The van der Waals surface area contributed by atoms with Crippen molar-refractivity contribution in [3.63, 3.8) is 0 Å². The molecule has 1 fully saturated rings. The second-order valence-corrected chi connectivity index (χ2v) is 6.57. The summed E-state index contributed by atoms with van der Waals surface area (Å²) in [5, 5.41) is 0. The first-order valence-corrected chi connectivity index (χ1v) is 8.24. The van der Waals surface area contributed by atoms with Crippen LogP contribution in [0.25, 0.3) is 0 Å². The van der Waals surface area contributed by atoms with Crippen LogP contribution in [0.1, 0.15) is 37.7 Å². The van der Waals surface area contributed by atoms with Gasteiger partial charge in [-0.15, -0.1) is 0 Å². The molecule has 0 aromatic heterocycles. The highest BCUT2D eigenvalue weighted by Crippen LogP contribution is 2.25. The van der Waals surface area contributed by atoms with Crippen molar-refractivity contribution in [2.45, 2.75) is 38.6 Å². The van der Waals surface area contributed by atoms with Crippen LogP contribution in [-0.4, -0.2) is 24.5 Å². The maximum atomic E-state index is 5.77. The van der Waals surface area contributed by atoms with Crippen molar-refractivity contribution in [3.05, 3.63) is 34.3 Å². The van der Waals surface area contributed by atoms with Crippen molar-refractivity contribution >= 4 is 15.9 Å². The van der Waals surface area contributed by atoms with E-state index in [4.69, 9.17) is 5.73 Å². The van der Waals surface area contributed by atoms with E-state index >= 15 is 0 Å². The van der Waals surface area contributed by atoms with Crippen molar-refractivity contribution < 1.29 is 0 Å². The Kier molecular flexibility index (Phi) is 6.35. The summed E-state index contributed by atoms with van der Waals surface area (Å²) in [6.07, 6.45) is 7.06. The molecule has 1 aromatic carbocycles. The Bertz CT molecular complexity index is 375. The lowest BCUT2D eigenvalue weighted by atomic mass is 9.89. The van der Waals surface area contributed by atoms with Crippen LogP contribution >= 0.6 is 15.9 Å². The number of nitrogens with two attached hydrogens (primary N) is 1. The first kappa shape index (κ1) is 15.0. The standard InChI is InChI=1S/C16H25BrN2/c17-16-8-4-7-15(11-16)13-19(10-9-18)12-14-5-2-1-3-6-14/h4,7-8,11,14H,1-3,5-6,9-10,12-13,18H2. The summed E-state index contributed by atoms with van der Waals surface area (Å²) in [5.74, 6) is 0.882. The van der Waals surface area contributed by atoms with E-state index in [0.29, 0.717) is 0 Å². The quantitative estimate of drug-likeness (QED) is 0.862. The van der Waals surface area contributed by atoms with Crippen LogP contribution < -0.4 is 5.73 Å². The minimum Gasteiger partial charge on any atom is -0.329 e. The van der Waals surface area contributed by atoms with E-state index in [0.717, 1.165) is 30.0 Å². The van der Waals surface area contributed by atoms with Gasteiger partial charge in [0, 0.05) is 30.7 Å². The van der Waals surface area contributed by atoms with Gasteiger partial charge in [0.15, 0.2) is 0 Å². The molecule has 1 aliphatic carbocycles. The lowest BCUT2D eigenvalue weighted by molar-refractivity contribution is 0.198. The van der Waals surface area contributed by atoms with Gasteiger partial charge in [0.1, 0.15) is 0 Å². The maximum Gasteiger partial charge on any atom is 0.0234 e. The molecule has 1 aliphatic rings. The first-order chi connectivity index (χ1) is 9.28. The zero-order chi connectivity index (χ0) is 13.5. The third-order valence-electron chi connectivity index (χ3n) is 3.98. The molecule has 1 saturated carbocycles. The molecule has 0 saturated heterocycles. The summed E-state index contributed by atoms with van der Waals surface area (Å²) in [4.78, 5) is 2.53. The first-order valence-electron chi connectivity index (χ1n) is 7.45. The number of hydrogen-bond acceptors (Lipinski definition) is 2. The maximum absolute atomic E-state index is 5.77. The fraction of sp³-hybridized carbons (Fsp3) is 0.625. The lowest BCUT2D eigenvalue weighted by Gasteiger charge is -2.29. The van der Waals surface area contributed by atoms with Crippen LogP contribution in [0, 0.1) is 5.92 Å². The Morgan fingerprint density at radius 3 is 2.68 bits per heavy atom. The van der Waals surface area contributed by atoms with E-state index in [1.807, 2.05) is 0 Å². The van der Waals surface area contributed by atoms with E-state index in [-0.39, 0.29) is 0 Å². The van der Waals surface area contributed by atoms with E-state index in [1.54, 1.807) is 0 Å². The van der Waals surface area contributed by atoms with Gasteiger partial charge in [-0.3, -0.25) is 4.90 Å². The normalized spacial score (nSPS) is 17.0. The summed E-state index contributed by atoms with van der Waals surface area (Å²) in [5.41, 5.74) is 7.14. The predicted molar refractivity (Wildman–Crippen MR) is 85.0 cm³/mol. The summed E-state index contributed by atoms with van der Waals surface area (Å²) in [6.45, 7) is 3.99. The smallest absolute Gasteiger partial charge is 0.0234 e. The molecule has 0 bridgehead atoms. The summed E-state index contributed by atoms with van der Waals surface area (Å²) < 4.78 is 1.16. The zero-order valence-electron chi connectivity index (χ0n) is 11.7. The highest BCUT2D eigenvalue weighted by molar-refractivity contribution is 9.10. The third-order valence-corrected chi connectivity index (χ3v) is 4.47. The van der Waals surface area contributed by atoms with Gasteiger partial charge in [-0.05, 0) is 36.5 Å². The van der Waals surface area contributed by atoms with Crippen LogP contribution in [0.2, 0.25) is 0 Å². The van der Waals surface area contributed by atoms with Crippen molar-refractivity contribution in [1.82, 2.24) is 4.90 Å². The van der Waals surface area contributed by atoms with E-state index in [1.165, 1.54) is 44.2 Å². The van der Waals surface area contributed by atoms with Crippen LogP contribution in [0.5, 0.6) is 0 Å². The molecular formula is C16H25BrN2. The fourth-order valence-corrected chi connectivity index (χ4v) is 3.49. The molecule has 19 heavy (non-hydrogen) atoms. The fourth-order valence-electron chi connectivity index (χ4n) is 3.05. The molecule has 0 atom stereocenters. The van der Waals surface area contributed by atoms with Crippen molar-refractivity contribution in [3.8, 4) is 0 Å². The van der Waals surface area contributed by atoms with Gasteiger partial charge in [-0.1, -0.05) is 47.3 Å². The summed E-state index contributed by atoms with van der Waals surface area (Å²) in [7, 11) is 0. The van der Waals surface area contributed by atoms with Gasteiger partial charge in [-0.2, -0.15) is 0 Å². The van der Waals surface area contributed by atoms with Gasteiger partial charge in [0.05, 0.1) is 0 Å². The van der Waals surface area contributed by atoms with Gasteiger partial charge in [-0.25, -0.2) is 0 Å². The second kappa shape index (κ2) is 8.03. The van der Waals surface area contributed by atoms with E-state index in [9.17, 15) is 0 Å². The molecule has 0 radical (unpaired) electrons. The van der Waals surface area contributed by atoms with Crippen LogP contribution in [0.3, 0.4) is 0 Å². The molecule has 0 aliphatic heterocycles. The highest BCUT2D eigenvalue weighted by atomic mass is 79.9. The minimum absolute atomic E-state index is 0.751. The molecule has 3 heteroatoms. The number of nitrogens with zero attached hydrogens (tertiary/aromatic N) is 1. The highest BCUT2D eigenvalue weighted by Gasteiger charge is 2.17. The number of hydrogen-bond donors (Lipinski definition) is 1. The van der Waals surface area contributed by atoms with Gasteiger partial charge in [0.25, 0.3) is 0 Å². The Hall–Kier alpha value is -0.380. The zero-order valence-corrected chi connectivity index (χ0v) is 13.2. The van der Waals surface area contributed by atoms with Gasteiger partial charge < -0.3 is 5.73 Å². The second-order valence-electron chi connectivity index (χ2n) is 5.66. The van der Waals surface area contributed by atoms with Crippen molar-refractivity contribution in [2.24, 2.45) is 11.7 Å². The number of halogens is 1. The number of benzene rings is 1. The largest absolute Gasteiger partial charge is 0.329 e. The van der Waals surface area contributed by atoms with Crippen LogP contribution in [0.15, 0.2) is 28.7 Å². The van der Waals surface area contributed by atoms with Gasteiger partial charge in [0.2, 0.25) is 0 Å². The molecule has 106 valence electrons. The molecule has 0 spiro atoms. The van der Waals surface area contributed by atoms with Crippen molar-refractivity contribution in [2.75, 3.05) is 19.6 Å². The molecule has 0 amide bonds.